The predicted molar refractivity (Wildman–Crippen MR) is 75.5 cm³/mol. The van der Waals surface area contributed by atoms with E-state index in [1.165, 1.54) is 37.8 Å². The van der Waals surface area contributed by atoms with Crippen molar-refractivity contribution in [1.29, 1.82) is 0 Å². The van der Waals surface area contributed by atoms with Gasteiger partial charge in [0.05, 0.1) is 11.3 Å². The zero-order valence-corrected chi connectivity index (χ0v) is 11.4. The number of nitrogens with one attached hydrogen (secondary N) is 2. The molecule has 5 heteroatoms. The van der Waals surface area contributed by atoms with Crippen LogP contribution in [-0.2, 0) is 0 Å². The summed E-state index contributed by atoms with van der Waals surface area (Å²) in [7, 11) is 0. The molecule has 2 bridgehead atoms. The predicted octanol–water partition coefficient (Wildman–Crippen LogP) is 2.28. The summed E-state index contributed by atoms with van der Waals surface area (Å²) in [5.41, 5.74) is 2.58. The number of fused-ring (bicyclic) bond motifs is 2. The Kier molecular flexibility index (Phi) is 3.61. The molecule has 0 heterocycles. The summed E-state index contributed by atoms with van der Waals surface area (Å²) in [6.45, 7) is 0.681. The van der Waals surface area contributed by atoms with Gasteiger partial charge in [-0.1, -0.05) is 12.5 Å². The quantitative estimate of drug-likeness (QED) is 0.584. The third-order valence-electron chi connectivity index (χ3n) is 4.81. The van der Waals surface area contributed by atoms with Crippen LogP contribution in [0.2, 0.25) is 0 Å². The molecule has 3 rings (SSSR count). The molecule has 0 radical (unpaired) electrons. The fourth-order valence-corrected chi connectivity index (χ4v) is 3.81. The summed E-state index contributed by atoms with van der Waals surface area (Å²) in [4.78, 5) is 12.2. The van der Waals surface area contributed by atoms with E-state index in [1.54, 1.807) is 6.07 Å². The van der Waals surface area contributed by atoms with Crippen molar-refractivity contribution in [2.75, 3.05) is 12.0 Å². The van der Waals surface area contributed by atoms with Gasteiger partial charge >= 0.3 is 0 Å². The molecule has 20 heavy (non-hydrogen) atoms. The normalized spacial score (nSPS) is 27.6. The van der Waals surface area contributed by atoms with Crippen LogP contribution in [0.1, 0.15) is 36.0 Å². The Hall–Kier alpha value is -1.62. The fraction of sp³-hybridized carbons (Fsp3) is 0.533. The largest absolute Gasteiger partial charge is 0.352 e. The van der Waals surface area contributed by atoms with E-state index < -0.39 is 5.82 Å². The highest BCUT2D eigenvalue weighted by Gasteiger charge is 2.39. The Bertz CT molecular complexity index is 520. The van der Waals surface area contributed by atoms with E-state index in [0.717, 1.165) is 11.8 Å². The van der Waals surface area contributed by atoms with Crippen molar-refractivity contribution in [1.82, 2.24) is 5.32 Å². The Labute approximate surface area is 117 Å². The maximum atomic E-state index is 13.6. The number of hydrogen-bond acceptors (Lipinski definition) is 3. The number of para-hydroxylation sites is 1. The lowest BCUT2D eigenvalue weighted by molar-refractivity contribution is 0.0942. The van der Waals surface area contributed by atoms with E-state index in [9.17, 15) is 9.18 Å². The molecule has 4 N–H and O–H groups in total. The van der Waals surface area contributed by atoms with E-state index in [0.29, 0.717) is 12.5 Å². The van der Waals surface area contributed by atoms with E-state index in [4.69, 9.17) is 5.84 Å². The van der Waals surface area contributed by atoms with Crippen molar-refractivity contribution < 1.29 is 9.18 Å². The number of hydrazine groups is 1. The second-order valence-corrected chi connectivity index (χ2v) is 5.95. The van der Waals surface area contributed by atoms with E-state index in [-0.39, 0.29) is 17.2 Å². The molecule has 1 aromatic rings. The molecular weight excluding hydrogens is 257 g/mol. The Morgan fingerprint density at radius 2 is 2.20 bits per heavy atom. The van der Waals surface area contributed by atoms with Crippen LogP contribution in [0.4, 0.5) is 10.1 Å². The average Bonchev–Trinajstić information content (AvgIpc) is 3.07. The minimum atomic E-state index is -0.514. The molecular formula is C15H20FN3O. The molecule has 0 aromatic heterocycles. The highest BCUT2D eigenvalue weighted by atomic mass is 19.1. The molecule has 0 aliphatic heterocycles. The summed E-state index contributed by atoms with van der Waals surface area (Å²) in [6, 6.07) is 4.37. The highest BCUT2D eigenvalue weighted by molar-refractivity contribution is 5.99. The van der Waals surface area contributed by atoms with Gasteiger partial charge in [0.1, 0.15) is 5.82 Å². The standard InChI is InChI=1S/C15H20FN3O/c16-13-3-1-2-12(14(13)19-17)15(20)18-8-11-7-9-4-5-10(11)6-9/h1-3,9-11,19H,4-8,17H2,(H,18,20). The van der Waals surface area contributed by atoms with Crippen molar-refractivity contribution >= 4 is 11.6 Å². The van der Waals surface area contributed by atoms with Crippen molar-refractivity contribution in [3.8, 4) is 0 Å². The zero-order chi connectivity index (χ0) is 14.1. The number of amides is 1. The van der Waals surface area contributed by atoms with Gasteiger partial charge in [0.15, 0.2) is 0 Å². The van der Waals surface area contributed by atoms with Gasteiger partial charge in [0.2, 0.25) is 0 Å². The number of anilines is 1. The lowest BCUT2D eigenvalue weighted by Gasteiger charge is -2.22. The van der Waals surface area contributed by atoms with Crippen molar-refractivity contribution in [2.45, 2.75) is 25.7 Å². The van der Waals surface area contributed by atoms with Gasteiger partial charge in [-0.05, 0) is 49.1 Å². The zero-order valence-electron chi connectivity index (χ0n) is 11.4. The monoisotopic (exact) mass is 277 g/mol. The van der Waals surface area contributed by atoms with Gasteiger partial charge in [-0.25, -0.2) is 4.39 Å². The van der Waals surface area contributed by atoms with Crippen LogP contribution >= 0.6 is 0 Å². The molecule has 4 nitrogen and oxygen atoms in total. The number of hydrogen-bond donors (Lipinski definition) is 3. The summed E-state index contributed by atoms with van der Waals surface area (Å²) < 4.78 is 13.6. The number of nitrogens with two attached hydrogens (primary N) is 1. The number of carbonyl (C=O) groups excluding carboxylic acids is 1. The minimum absolute atomic E-state index is 0.0537. The first-order chi connectivity index (χ1) is 9.69. The third kappa shape index (κ3) is 2.38. The molecule has 2 aliphatic carbocycles. The van der Waals surface area contributed by atoms with Crippen LogP contribution in [0, 0.1) is 23.6 Å². The van der Waals surface area contributed by atoms with Crippen molar-refractivity contribution in [2.24, 2.45) is 23.6 Å². The summed E-state index contributed by atoms with van der Waals surface area (Å²) in [6.07, 6.45) is 5.17. The Morgan fingerprint density at radius 3 is 2.85 bits per heavy atom. The molecule has 108 valence electrons. The van der Waals surface area contributed by atoms with Crippen LogP contribution in [0.5, 0.6) is 0 Å². The number of halogens is 1. The number of carbonyl (C=O) groups is 1. The molecule has 1 aromatic carbocycles. The molecule has 0 saturated heterocycles. The average molecular weight is 277 g/mol. The molecule has 2 aliphatic rings. The van der Waals surface area contributed by atoms with Gasteiger partial charge in [-0.15, -0.1) is 0 Å². The Morgan fingerprint density at radius 1 is 1.35 bits per heavy atom. The van der Waals surface area contributed by atoms with Gasteiger partial charge in [-0.2, -0.15) is 0 Å². The molecule has 2 fully saturated rings. The summed E-state index contributed by atoms with van der Waals surface area (Å²) >= 11 is 0. The van der Waals surface area contributed by atoms with Gasteiger partial charge < -0.3 is 10.7 Å². The number of rotatable bonds is 4. The molecule has 1 amide bonds. The van der Waals surface area contributed by atoms with Crippen LogP contribution in [0.15, 0.2) is 18.2 Å². The number of benzene rings is 1. The molecule has 0 spiro atoms. The smallest absolute Gasteiger partial charge is 0.253 e. The molecule has 2 saturated carbocycles. The summed E-state index contributed by atoms with van der Waals surface area (Å²) in [5.74, 6) is 6.72. The molecule has 3 unspecified atom stereocenters. The van der Waals surface area contributed by atoms with Crippen LogP contribution in [-0.4, -0.2) is 12.5 Å². The fourth-order valence-electron chi connectivity index (χ4n) is 3.81. The SMILES string of the molecule is NNc1c(F)cccc1C(=O)NCC1CC2CCC1C2. The third-order valence-corrected chi connectivity index (χ3v) is 4.81. The van der Waals surface area contributed by atoms with E-state index in [1.807, 2.05) is 0 Å². The first-order valence-electron chi connectivity index (χ1n) is 7.22. The van der Waals surface area contributed by atoms with Gasteiger partial charge in [0, 0.05) is 6.54 Å². The van der Waals surface area contributed by atoms with Crippen LogP contribution < -0.4 is 16.6 Å². The second kappa shape index (κ2) is 5.40. The lowest BCUT2D eigenvalue weighted by atomic mass is 9.89. The molecule has 3 atom stereocenters. The summed E-state index contributed by atoms with van der Waals surface area (Å²) in [5, 5.41) is 2.93. The van der Waals surface area contributed by atoms with Crippen molar-refractivity contribution in [3.63, 3.8) is 0 Å². The van der Waals surface area contributed by atoms with Gasteiger partial charge in [0.25, 0.3) is 5.91 Å². The first kappa shape index (κ1) is 13.4. The topological polar surface area (TPSA) is 67.1 Å². The van der Waals surface area contributed by atoms with E-state index in [2.05, 4.69) is 10.7 Å². The number of nitrogen functional groups attached to an aromatic ring is 1. The minimum Gasteiger partial charge on any atom is -0.352 e. The Balaban J connectivity index is 1.63. The van der Waals surface area contributed by atoms with Crippen LogP contribution in [0.3, 0.4) is 0 Å². The van der Waals surface area contributed by atoms with Crippen molar-refractivity contribution in [3.05, 3.63) is 29.6 Å². The highest BCUT2D eigenvalue weighted by Crippen LogP contribution is 2.47. The first-order valence-corrected chi connectivity index (χ1v) is 7.22. The van der Waals surface area contributed by atoms with E-state index >= 15 is 0 Å². The second-order valence-electron chi connectivity index (χ2n) is 5.95. The van der Waals surface area contributed by atoms with Gasteiger partial charge in [-0.3, -0.25) is 10.6 Å². The lowest BCUT2D eigenvalue weighted by Crippen LogP contribution is -2.32. The maximum Gasteiger partial charge on any atom is 0.253 e. The van der Waals surface area contributed by atoms with Crippen LogP contribution in [0.25, 0.3) is 0 Å². The maximum absolute atomic E-state index is 13.6.